The van der Waals surface area contributed by atoms with Crippen molar-refractivity contribution in [3.8, 4) is 0 Å². The van der Waals surface area contributed by atoms with Crippen LogP contribution in [-0.2, 0) is 31.6 Å². The van der Waals surface area contributed by atoms with Crippen molar-refractivity contribution in [1.82, 2.24) is 14.9 Å². The van der Waals surface area contributed by atoms with Gasteiger partial charge in [-0.1, -0.05) is 22.9 Å². The number of benzene rings is 1. The van der Waals surface area contributed by atoms with Gasteiger partial charge in [0.05, 0.1) is 12.8 Å². The number of thiazole rings is 1. The number of likely N-dealkylation sites (tertiary alicyclic amines) is 1. The van der Waals surface area contributed by atoms with E-state index in [4.69, 9.17) is 22.1 Å². The minimum atomic E-state index is -3.13. The number of thiol groups is 1. The van der Waals surface area contributed by atoms with Gasteiger partial charge >= 0.3 is 5.97 Å². The highest BCUT2D eigenvalue weighted by Crippen LogP contribution is 2.36. The van der Waals surface area contributed by atoms with Gasteiger partial charge in [-0.2, -0.15) is 0 Å². The van der Waals surface area contributed by atoms with Crippen LogP contribution >= 0.6 is 22.9 Å². The summed E-state index contributed by atoms with van der Waals surface area (Å²) >= 11 is 7.81. The van der Waals surface area contributed by atoms with Gasteiger partial charge in [0.15, 0.2) is 5.13 Å². The van der Waals surface area contributed by atoms with Crippen molar-refractivity contribution in [2.45, 2.75) is 44.7 Å². The molecule has 0 spiro atoms. The molecule has 0 aliphatic carbocycles. The molecule has 0 unspecified atom stereocenters. The van der Waals surface area contributed by atoms with Crippen LogP contribution in [0.1, 0.15) is 31.7 Å². The van der Waals surface area contributed by atoms with E-state index >= 15 is 0 Å². The third kappa shape index (κ3) is 5.48. The fourth-order valence-corrected chi connectivity index (χ4v) is 7.32. The minimum Gasteiger partial charge on any atom is -0.464 e. The summed E-state index contributed by atoms with van der Waals surface area (Å²) in [7, 11) is -3.13. The second kappa shape index (κ2) is 11.5. The van der Waals surface area contributed by atoms with Crippen molar-refractivity contribution in [2.24, 2.45) is 0 Å². The second-order valence-corrected chi connectivity index (χ2v) is 11.7. The normalized spacial score (nSPS) is 18.3. The summed E-state index contributed by atoms with van der Waals surface area (Å²) in [6, 6.07) is 3.34. The summed E-state index contributed by atoms with van der Waals surface area (Å²) in [5.41, 5.74) is 6.61. The number of aromatic nitrogens is 2. The lowest BCUT2D eigenvalue weighted by atomic mass is 10.0. The van der Waals surface area contributed by atoms with Crippen molar-refractivity contribution in [1.29, 1.82) is 0 Å². The summed E-state index contributed by atoms with van der Waals surface area (Å²) in [6.07, 6.45) is 5.52. The van der Waals surface area contributed by atoms with Crippen molar-refractivity contribution in [3.05, 3.63) is 41.2 Å². The molecule has 2 fully saturated rings. The molecule has 2 saturated heterocycles. The molecule has 5 rings (SSSR count). The van der Waals surface area contributed by atoms with Gasteiger partial charge in [-0.25, -0.2) is 27.5 Å². The second-order valence-electron chi connectivity index (χ2n) is 9.43. The number of ether oxygens (including phenoxy) is 1. The van der Waals surface area contributed by atoms with Crippen LogP contribution in [0.3, 0.4) is 0 Å². The van der Waals surface area contributed by atoms with E-state index in [2.05, 4.69) is 14.9 Å². The molecule has 1 amide bonds. The molecule has 2 aromatic heterocycles. The van der Waals surface area contributed by atoms with Crippen molar-refractivity contribution in [2.75, 3.05) is 41.2 Å². The van der Waals surface area contributed by atoms with Gasteiger partial charge in [0.25, 0.3) is 0 Å². The van der Waals surface area contributed by atoms with Gasteiger partial charge in [-0.3, -0.25) is 4.79 Å². The largest absolute Gasteiger partial charge is 0.464 e. The molecule has 39 heavy (non-hydrogen) atoms. The van der Waals surface area contributed by atoms with E-state index in [0.717, 1.165) is 40.8 Å². The number of nitrogens with two attached hydrogens (primary N) is 1. The molecule has 2 aliphatic heterocycles. The van der Waals surface area contributed by atoms with Crippen LogP contribution < -0.4 is 14.9 Å². The zero-order valence-electron chi connectivity index (χ0n) is 21.3. The van der Waals surface area contributed by atoms with Crippen LogP contribution in [0.5, 0.6) is 0 Å². The molecule has 11 nitrogen and oxygen atoms in total. The molecule has 14 heteroatoms. The molecule has 208 valence electrons. The predicted molar refractivity (Wildman–Crippen MR) is 152 cm³/mol. The van der Waals surface area contributed by atoms with Gasteiger partial charge < -0.3 is 20.3 Å². The summed E-state index contributed by atoms with van der Waals surface area (Å²) in [4.78, 5) is 38.8. The topological polar surface area (TPSA) is 139 Å². The van der Waals surface area contributed by atoms with Crippen molar-refractivity contribution >= 4 is 72.4 Å². The number of nitrogens with zero attached hydrogens (tertiary/aromatic N) is 5. The van der Waals surface area contributed by atoms with Gasteiger partial charge in [-0.15, -0.1) is 0 Å². The molecule has 2 atom stereocenters. The third-order valence-electron chi connectivity index (χ3n) is 7.08. The number of fused-ring (bicyclic) bond motifs is 1. The molecule has 0 bridgehead atoms. The lowest BCUT2D eigenvalue weighted by molar-refractivity contribution is -0.153. The van der Waals surface area contributed by atoms with Crippen LogP contribution in [-0.4, -0.2) is 73.5 Å². The maximum absolute atomic E-state index is 13.7. The number of pyridine rings is 1. The summed E-state index contributed by atoms with van der Waals surface area (Å²) in [5, 5.41) is 2.97. The standard InChI is InChI=1S/C25H29ClN6O5S2/c1-2-37-24(34)20(12-16-11-15-5-7-28-22(27)17(15)13-18(16)26)31-10-6-19(23(31)33)32(39(35)36)21-14-29-25(38-21)30-8-3-4-9-30/h5,7,11,13-14,19-20,39H,2-4,6,8-10,12H2,1H3,(H2,27,28)/t19-,20+/m0/s1. The number of hydrogen-bond donors (Lipinski definition) is 2. The van der Waals surface area contributed by atoms with Gasteiger partial charge in [0.1, 0.15) is 22.9 Å². The Morgan fingerprint density at radius 3 is 2.77 bits per heavy atom. The summed E-state index contributed by atoms with van der Waals surface area (Å²) < 4.78 is 31.2. The first-order chi connectivity index (χ1) is 18.8. The highest BCUT2D eigenvalue weighted by atomic mass is 35.5. The van der Waals surface area contributed by atoms with E-state index in [1.54, 1.807) is 25.3 Å². The highest BCUT2D eigenvalue weighted by molar-refractivity contribution is 7.74. The highest BCUT2D eigenvalue weighted by Gasteiger charge is 2.44. The first-order valence-electron chi connectivity index (χ1n) is 12.7. The van der Waals surface area contributed by atoms with E-state index in [0.29, 0.717) is 26.8 Å². The van der Waals surface area contributed by atoms with E-state index in [9.17, 15) is 18.0 Å². The molecule has 0 radical (unpaired) electrons. The van der Waals surface area contributed by atoms with Gasteiger partial charge in [-0.05, 0) is 55.3 Å². The fourth-order valence-electron chi connectivity index (χ4n) is 5.18. The quantitative estimate of drug-likeness (QED) is 0.283. The molecule has 1 aromatic carbocycles. The molecular formula is C25H29ClN6O5S2. The number of anilines is 3. The van der Waals surface area contributed by atoms with Gasteiger partial charge in [0, 0.05) is 42.7 Å². The number of rotatable bonds is 9. The number of carbonyl (C=O) groups excluding carboxylic acids is 2. The van der Waals surface area contributed by atoms with Crippen LogP contribution in [0.25, 0.3) is 10.8 Å². The Morgan fingerprint density at radius 2 is 2.05 bits per heavy atom. The molecule has 0 saturated carbocycles. The Morgan fingerprint density at radius 1 is 1.28 bits per heavy atom. The summed E-state index contributed by atoms with van der Waals surface area (Å²) in [6.45, 7) is 3.75. The van der Waals surface area contributed by atoms with E-state index < -0.39 is 34.9 Å². The lowest BCUT2D eigenvalue weighted by Crippen LogP contribution is -2.48. The predicted octanol–water partition coefficient (Wildman–Crippen LogP) is 2.64. The van der Waals surface area contributed by atoms with E-state index in [-0.39, 0.29) is 26.0 Å². The van der Waals surface area contributed by atoms with Crippen molar-refractivity contribution < 1.29 is 22.7 Å². The van der Waals surface area contributed by atoms with Crippen LogP contribution in [0, 0.1) is 0 Å². The average molecular weight is 593 g/mol. The Bertz CT molecular complexity index is 1470. The van der Waals surface area contributed by atoms with Crippen LogP contribution in [0.2, 0.25) is 5.02 Å². The van der Waals surface area contributed by atoms with E-state index in [1.165, 1.54) is 22.4 Å². The first kappa shape index (κ1) is 27.4. The minimum absolute atomic E-state index is 0.0947. The molecule has 4 heterocycles. The van der Waals surface area contributed by atoms with Crippen LogP contribution in [0.4, 0.5) is 16.0 Å². The van der Waals surface area contributed by atoms with E-state index in [1.807, 2.05) is 6.07 Å². The Kier molecular flexibility index (Phi) is 8.10. The number of halogens is 1. The number of esters is 1. The Balaban J connectivity index is 1.42. The Hall–Kier alpha value is -3.16. The zero-order chi connectivity index (χ0) is 27.7. The van der Waals surface area contributed by atoms with Gasteiger partial charge in [0.2, 0.25) is 16.8 Å². The van der Waals surface area contributed by atoms with Crippen LogP contribution in [0.15, 0.2) is 30.6 Å². The Labute approximate surface area is 236 Å². The fraction of sp³-hybridized carbons (Fsp3) is 0.440. The average Bonchev–Trinajstić information content (AvgIpc) is 3.66. The molecule has 3 aromatic rings. The maximum Gasteiger partial charge on any atom is 0.329 e. The zero-order valence-corrected chi connectivity index (χ0v) is 23.8. The molecule has 2 N–H and O–H groups in total. The number of nitrogen functional groups attached to an aromatic ring is 1. The third-order valence-corrected chi connectivity index (χ3v) is 9.47. The molecular weight excluding hydrogens is 564 g/mol. The maximum atomic E-state index is 13.7. The number of carbonyl (C=O) groups is 2. The number of amides is 1. The summed E-state index contributed by atoms with van der Waals surface area (Å²) in [5.74, 6) is -0.707. The van der Waals surface area contributed by atoms with Crippen molar-refractivity contribution in [3.63, 3.8) is 0 Å². The SMILES string of the molecule is CCOC(=O)[C@@H](Cc1cc2ccnc(N)c2cc1Cl)N1CC[C@H](N(c2cnc(N3CCCC3)s2)[SH](=O)=O)C1=O. The smallest absolute Gasteiger partial charge is 0.329 e. The number of hydrogen-bond acceptors (Lipinski definition) is 10. The first-order valence-corrected chi connectivity index (χ1v) is 15.0. The lowest BCUT2D eigenvalue weighted by Gasteiger charge is -2.28. The molecule has 2 aliphatic rings. The monoisotopic (exact) mass is 592 g/mol.